The Balaban J connectivity index is 1.46. The van der Waals surface area contributed by atoms with Gasteiger partial charge in [-0.3, -0.25) is 15.0 Å². The van der Waals surface area contributed by atoms with Crippen LogP contribution in [-0.4, -0.2) is 37.3 Å². The van der Waals surface area contributed by atoms with Gasteiger partial charge < -0.3 is 0 Å². The number of nitro benzene ring substituents is 1. The van der Waals surface area contributed by atoms with E-state index in [1.54, 1.807) is 23.7 Å². The molecule has 1 aliphatic rings. The molecule has 4 rings (SSSR count). The highest BCUT2D eigenvalue weighted by Gasteiger charge is 2.27. The standard InChI is InChI=1S/C21H23N5O3/c1-23-21(27)25(18-5-3-2-4-6-18)20(22-23)17-11-13-24(14-12-17)15-16-7-9-19(10-8-16)26(28)29/h2-10,17H,11-15H2,1H3. The summed E-state index contributed by atoms with van der Waals surface area (Å²) < 4.78 is 3.13. The number of piperidine rings is 1. The molecule has 0 saturated carbocycles. The Hall–Kier alpha value is -3.26. The van der Waals surface area contributed by atoms with Gasteiger partial charge in [0.25, 0.3) is 5.69 Å². The fraction of sp³-hybridized carbons (Fsp3) is 0.333. The molecular formula is C21H23N5O3. The van der Waals surface area contributed by atoms with E-state index in [2.05, 4.69) is 10.00 Å². The van der Waals surface area contributed by atoms with Crippen molar-refractivity contribution < 1.29 is 4.92 Å². The Labute approximate surface area is 168 Å². The first kappa shape index (κ1) is 19.1. The molecule has 0 N–H and O–H groups in total. The van der Waals surface area contributed by atoms with Gasteiger partial charge in [-0.2, -0.15) is 5.10 Å². The van der Waals surface area contributed by atoms with Crippen molar-refractivity contribution in [2.45, 2.75) is 25.3 Å². The molecule has 1 aromatic heterocycles. The summed E-state index contributed by atoms with van der Waals surface area (Å²) in [4.78, 5) is 25.4. The SMILES string of the molecule is Cn1nc(C2CCN(Cc3ccc([N+](=O)[O-])cc3)CC2)n(-c2ccccc2)c1=O. The second-order valence-corrected chi connectivity index (χ2v) is 7.41. The maximum Gasteiger partial charge on any atom is 0.350 e. The minimum atomic E-state index is -0.381. The Morgan fingerprint density at radius 2 is 1.72 bits per heavy atom. The molecule has 0 atom stereocenters. The number of rotatable bonds is 5. The highest BCUT2D eigenvalue weighted by molar-refractivity contribution is 5.34. The molecule has 1 fully saturated rings. The summed E-state index contributed by atoms with van der Waals surface area (Å²) in [5.41, 5.74) is 1.89. The number of hydrogen-bond donors (Lipinski definition) is 0. The van der Waals surface area contributed by atoms with E-state index in [0.29, 0.717) is 0 Å². The lowest BCUT2D eigenvalue weighted by Gasteiger charge is -2.31. The molecule has 2 aromatic carbocycles. The van der Waals surface area contributed by atoms with Crippen molar-refractivity contribution in [3.05, 3.63) is 86.6 Å². The van der Waals surface area contributed by atoms with Crippen molar-refractivity contribution in [2.24, 2.45) is 7.05 Å². The van der Waals surface area contributed by atoms with Crippen LogP contribution in [0.3, 0.4) is 0 Å². The molecule has 0 radical (unpaired) electrons. The zero-order valence-electron chi connectivity index (χ0n) is 16.3. The van der Waals surface area contributed by atoms with E-state index in [1.807, 2.05) is 42.5 Å². The molecule has 1 saturated heterocycles. The topological polar surface area (TPSA) is 86.2 Å². The van der Waals surface area contributed by atoms with Crippen molar-refractivity contribution in [1.29, 1.82) is 0 Å². The molecule has 1 aliphatic heterocycles. The lowest BCUT2D eigenvalue weighted by atomic mass is 9.95. The van der Waals surface area contributed by atoms with Gasteiger partial charge in [-0.15, -0.1) is 0 Å². The molecule has 0 unspecified atom stereocenters. The van der Waals surface area contributed by atoms with Gasteiger partial charge in [0.15, 0.2) is 0 Å². The van der Waals surface area contributed by atoms with Crippen molar-refractivity contribution in [2.75, 3.05) is 13.1 Å². The summed E-state index contributed by atoms with van der Waals surface area (Å²) in [6.45, 7) is 2.54. The van der Waals surface area contributed by atoms with Crippen LogP contribution in [0, 0.1) is 10.1 Å². The zero-order valence-corrected chi connectivity index (χ0v) is 16.3. The van der Waals surface area contributed by atoms with Gasteiger partial charge in [0, 0.05) is 31.6 Å². The fourth-order valence-corrected chi connectivity index (χ4v) is 3.90. The Morgan fingerprint density at radius 1 is 1.07 bits per heavy atom. The maximum atomic E-state index is 12.6. The second kappa shape index (κ2) is 8.00. The quantitative estimate of drug-likeness (QED) is 0.491. The van der Waals surface area contributed by atoms with Gasteiger partial charge >= 0.3 is 5.69 Å². The van der Waals surface area contributed by atoms with Crippen LogP contribution in [0.4, 0.5) is 5.69 Å². The van der Waals surface area contributed by atoms with E-state index in [9.17, 15) is 14.9 Å². The smallest absolute Gasteiger partial charge is 0.299 e. The van der Waals surface area contributed by atoms with Crippen molar-refractivity contribution in [3.8, 4) is 5.69 Å². The zero-order chi connectivity index (χ0) is 20.4. The number of aromatic nitrogens is 3. The van der Waals surface area contributed by atoms with E-state index in [4.69, 9.17) is 0 Å². The van der Waals surface area contributed by atoms with Gasteiger partial charge in [0.1, 0.15) is 5.82 Å². The van der Waals surface area contributed by atoms with E-state index in [0.717, 1.165) is 49.6 Å². The largest absolute Gasteiger partial charge is 0.350 e. The number of nitro groups is 1. The molecule has 2 heterocycles. The summed E-state index contributed by atoms with van der Waals surface area (Å²) in [6, 6.07) is 16.4. The van der Waals surface area contributed by atoms with Crippen LogP contribution >= 0.6 is 0 Å². The Kier molecular flexibility index (Phi) is 5.26. The number of aryl methyl sites for hydroxylation is 1. The lowest BCUT2D eigenvalue weighted by molar-refractivity contribution is -0.384. The van der Waals surface area contributed by atoms with Crippen LogP contribution in [0.5, 0.6) is 0 Å². The van der Waals surface area contributed by atoms with Crippen LogP contribution in [-0.2, 0) is 13.6 Å². The monoisotopic (exact) mass is 393 g/mol. The van der Waals surface area contributed by atoms with Crippen LogP contribution in [0.2, 0.25) is 0 Å². The third-order valence-electron chi connectivity index (χ3n) is 5.47. The molecule has 29 heavy (non-hydrogen) atoms. The summed E-state index contributed by atoms with van der Waals surface area (Å²) >= 11 is 0. The van der Waals surface area contributed by atoms with E-state index < -0.39 is 0 Å². The summed E-state index contributed by atoms with van der Waals surface area (Å²) in [6.07, 6.45) is 1.83. The van der Waals surface area contributed by atoms with Crippen LogP contribution in [0.25, 0.3) is 5.69 Å². The van der Waals surface area contributed by atoms with Crippen molar-refractivity contribution in [1.82, 2.24) is 19.2 Å². The number of hydrogen-bond acceptors (Lipinski definition) is 5. The maximum absolute atomic E-state index is 12.6. The third-order valence-corrected chi connectivity index (χ3v) is 5.47. The minimum absolute atomic E-state index is 0.112. The van der Waals surface area contributed by atoms with E-state index in [1.165, 1.54) is 4.68 Å². The first-order valence-electron chi connectivity index (χ1n) is 9.70. The molecule has 0 amide bonds. The van der Waals surface area contributed by atoms with Crippen LogP contribution in [0.15, 0.2) is 59.4 Å². The number of likely N-dealkylation sites (tertiary alicyclic amines) is 1. The summed E-state index contributed by atoms with van der Waals surface area (Å²) in [5.74, 6) is 1.04. The molecule has 0 bridgehead atoms. The Bertz CT molecular complexity index is 1050. The number of nitrogens with zero attached hydrogens (tertiary/aromatic N) is 5. The number of non-ortho nitro benzene ring substituents is 1. The van der Waals surface area contributed by atoms with Gasteiger partial charge in [-0.05, 0) is 43.6 Å². The van der Waals surface area contributed by atoms with Crippen LogP contribution < -0.4 is 5.69 Å². The lowest BCUT2D eigenvalue weighted by Crippen LogP contribution is -2.33. The summed E-state index contributed by atoms with van der Waals surface area (Å²) in [7, 11) is 1.69. The predicted molar refractivity (Wildman–Crippen MR) is 109 cm³/mol. The average molecular weight is 393 g/mol. The number of benzene rings is 2. The molecule has 150 valence electrons. The van der Waals surface area contributed by atoms with Crippen molar-refractivity contribution >= 4 is 5.69 Å². The second-order valence-electron chi connectivity index (χ2n) is 7.41. The predicted octanol–water partition coefficient (Wildman–Crippen LogP) is 2.86. The van der Waals surface area contributed by atoms with Crippen LogP contribution in [0.1, 0.15) is 30.1 Å². The molecule has 8 heteroatoms. The molecule has 3 aromatic rings. The van der Waals surface area contributed by atoms with Gasteiger partial charge in [-0.25, -0.2) is 14.0 Å². The molecular weight excluding hydrogens is 370 g/mol. The normalized spacial score (nSPS) is 15.5. The van der Waals surface area contributed by atoms with Crippen molar-refractivity contribution in [3.63, 3.8) is 0 Å². The first-order chi connectivity index (χ1) is 14.0. The van der Waals surface area contributed by atoms with Gasteiger partial charge in [-0.1, -0.05) is 30.3 Å². The average Bonchev–Trinajstić information content (AvgIpc) is 3.04. The fourth-order valence-electron chi connectivity index (χ4n) is 3.90. The van der Waals surface area contributed by atoms with E-state index in [-0.39, 0.29) is 22.2 Å². The minimum Gasteiger partial charge on any atom is -0.299 e. The first-order valence-corrected chi connectivity index (χ1v) is 9.70. The van der Waals surface area contributed by atoms with E-state index >= 15 is 0 Å². The highest BCUT2D eigenvalue weighted by atomic mass is 16.6. The van der Waals surface area contributed by atoms with Gasteiger partial charge in [0.05, 0.1) is 10.6 Å². The molecule has 0 aliphatic carbocycles. The third kappa shape index (κ3) is 3.97. The number of para-hydroxylation sites is 1. The summed E-state index contributed by atoms with van der Waals surface area (Å²) in [5, 5.41) is 15.3. The Morgan fingerprint density at radius 3 is 2.34 bits per heavy atom. The molecule has 0 spiro atoms. The van der Waals surface area contributed by atoms with Gasteiger partial charge in [0.2, 0.25) is 0 Å². The molecule has 8 nitrogen and oxygen atoms in total. The highest BCUT2D eigenvalue weighted by Crippen LogP contribution is 2.28.